The third-order valence-electron chi connectivity index (χ3n) is 12.8. The highest BCUT2D eigenvalue weighted by atomic mass is 16.4. The number of hydrogen-bond donors (Lipinski definition) is 10. The van der Waals surface area contributed by atoms with E-state index in [4.69, 9.17) is 6.52 Å². The van der Waals surface area contributed by atoms with E-state index in [0.717, 1.165) is 28.3 Å². The number of benzene rings is 3. The Morgan fingerprint density at radius 2 is 1.23 bits per heavy atom. The summed E-state index contributed by atoms with van der Waals surface area (Å²) in [6.07, 6.45) is 5.00. The number of carbonyl (C=O) groups is 8. The number of nitrogens with one attached hydrogen (secondary N) is 6. The zero-order valence-electron chi connectivity index (χ0n) is 41.6. The molecule has 382 valence electrons. The molecule has 5 atom stereocenters. The summed E-state index contributed by atoms with van der Waals surface area (Å²) in [5, 5.41) is 45.9. The van der Waals surface area contributed by atoms with Crippen LogP contribution in [0.15, 0.2) is 66.7 Å². The molecular weight excluding hydrogens is 899 g/mol. The van der Waals surface area contributed by atoms with E-state index < -0.39 is 66.9 Å². The van der Waals surface area contributed by atoms with Crippen molar-refractivity contribution in [2.45, 2.75) is 141 Å². The molecule has 0 saturated heterocycles. The standard InChI is InChI=1S/C52H73N7O11/c1-32(2)28-34-14-19-37(20-15-34)33(3)46(62)54-26-8-6-12-41(53)48(64)56-31-35-16-22-39(23-17-35)47(63)57-44(30-36-18-21-38-10-4-5-11-40(38)29-36)49(65)55-27-9-7-13-42(50(66)67)58-52(70)59-43(51(68)69)24-25-45(60)61/h4-5,10-11,14-15,18-21,29,32-33,35,39,41-44H,6-9,12-13,16-17,22-28,30-31,53H2,1-3H3,(H,54,62)(H,55,65)(H,56,64)(H,57,63)(H,60,61)(H,66,67)(H,68,69)(H2,58,59,70)/i/hD. The van der Waals surface area contributed by atoms with Gasteiger partial charge in [0.1, 0.15) is 19.5 Å². The number of carbonyl (C=O) groups excluding carboxylic acids is 5. The molecule has 6 amide bonds. The molecule has 3 aromatic carbocycles. The topological polar surface area (TPSA) is 295 Å². The summed E-state index contributed by atoms with van der Waals surface area (Å²) in [4.78, 5) is 99.9. The van der Waals surface area contributed by atoms with Gasteiger partial charge in [-0.05, 0) is 123 Å². The molecule has 0 radical (unpaired) electrons. The van der Waals surface area contributed by atoms with Gasteiger partial charge in [0, 0.05) is 38.4 Å². The van der Waals surface area contributed by atoms with Crippen molar-refractivity contribution in [3.8, 4) is 0 Å². The van der Waals surface area contributed by atoms with Crippen LogP contribution in [0.1, 0.15) is 120 Å². The maximum Gasteiger partial charge on any atom is 0.326 e. The largest absolute Gasteiger partial charge is 0.481 e. The number of aliphatic carboxylic acids is 3. The first kappa shape index (κ1) is 54.4. The maximum absolute atomic E-state index is 13.7. The molecule has 5 unspecified atom stereocenters. The van der Waals surface area contributed by atoms with Crippen molar-refractivity contribution in [3.05, 3.63) is 83.4 Å². The summed E-state index contributed by atoms with van der Waals surface area (Å²) in [5.74, 6) is -5.04. The first-order valence-electron chi connectivity index (χ1n) is 25.1. The zero-order valence-corrected chi connectivity index (χ0v) is 40.6. The molecule has 0 aromatic heterocycles. The van der Waals surface area contributed by atoms with E-state index in [1.807, 2.05) is 61.5 Å². The number of rotatable bonds is 30. The number of hydrogen-bond acceptors (Lipinski definition) is 9. The Hall–Kier alpha value is -6.56. The molecule has 0 spiro atoms. The summed E-state index contributed by atoms with van der Waals surface area (Å²) in [5.41, 5.74) is 5.41. The Balaban J connectivity index is 1.21. The van der Waals surface area contributed by atoms with Crippen molar-refractivity contribution < 1.29 is 55.1 Å². The van der Waals surface area contributed by atoms with Gasteiger partial charge in [0.25, 0.3) is 0 Å². The number of carboxylic acids is 3. The average molecular weight is 973 g/mol. The summed E-state index contributed by atoms with van der Waals surface area (Å²) in [6.45, 7) is 7.24. The minimum absolute atomic E-state index is 0.0476. The number of urea groups is 1. The van der Waals surface area contributed by atoms with Crippen molar-refractivity contribution in [1.29, 1.82) is 0 Å². The van der Waals surface area contributed by atoms with E-state index in [9.17, 15) is 48.6 Å². The van der Waals surface area contributed by atoms with Gasteiger partial charge in [0.05, 0.1) is 12.0 Å². The monoisotopic (exact) mass is 973 g/mol. The van der Waals surface area contributed by atoms with Crippen LogP contribution < -0.4 is 37.6 Å². The lowest BCUT2D eigenvalue weighted by atomic mass is 9.81. The van der Waals surface area contributed by atoms with Crippen LogP contribution in [0.2, 0.25) is 1.41 Å². The smallest absolute Gasteiger partial charge is 0.326 e. The van der Waals surface area contributed by atoms with Crippen LogP contribution in [0.25, 0.3) is 10.8 Å². The normalized spacial score (nSPS) is 16.9. The molecule has 1 fully saturated rings. The predicted molar refractivity (Wildman–Crippen MR) is 265 cm³/mol. The minimum Gasteiger partial charge on any atom is -0.481 e. The number of fused-ring (bicyclic) bond motifs is 1. The fourth-order valence-electron chi connectivity index (χ4n) is 8.58. The van der Waals surface area contributed by atoms with Gasteiger partial charge in [0.2, 0.25) is 23.6 Å². The molecule has 0 heterocycles. The third-order valence-corrected chi connectivity index (χ3v) is 12.8. The van der Waals surface area contributed by atoms with E-state index in [2.05, 4.69) is 63.6 Å². The summed E-state index contributed by atoms with van der Waals surface area (Å²) < 4.78 is 7.77. The molecule has 0 bridgehead atoms. The van der Waals surface area contributed by atoms with Crippen molar-refractivity contribution in [3.63, 3.8) is 0 Å². The van der Waals surface area contributed by atoms with Gasteiger partial charge in [-0.3, -0.25) is 24.0 Å². The molecular formula is C52H73N7O11. The van der Waals surface area contributed by atoms with Gasteiger partial charge in [-0.1, -0.05) is 80.6 Å². The quantitative estimate of drug-likeness (QED) is 0.0405. The molecule has 18 nitrogen and oxygen atoms in total. The average Bonchev–Trinajstić information content (AvgIpc) is 3.34. The van der Waals surface area contributed by atoms with Gasteiger partial charge >= 0.3 is 23.9 Å². The second-order valence-corrected chi connectivity index (χ2v) is 18.9. The first-order chi connectivity index (χ1) is 33.9. The van der Waals surface area contributed by atoms with Crippen LogP contribution in [0.5, 0.6) is 0 Å². The second-order valence-electron chi connectivity index (χ2n) is 18.9. The number of unbranched alkanes of at least 4 members (excludes halogenated alkanes) is 2. The molecule has 11 N–H and O–H groups in total. The summed E-state index contributed by atoms with van der Waals surface area (Å²) in [6, 6.07) is 16.2. The van der Waals surface area contributed by atoms with Crippen molar-refractivity contribution in [2.24, 2.45) is 23.5 Å². The van der Waals surface area contributed by atoms with Gasteiger partial charge < -0.3 is 52.9 Å². The van der Waals surface area contributed by atoms with Crippen molar-refractivity contribution in [1.82, 2.24) is 31.9 Å². The highest BCUT2D eigenvalue weighted by Crippen LogP contribution is 2.29. The van der Waals surface area contributed by atoms with E-state index in [1.165, 1.54) is 5.56 Å². The number of amides is 6. The Bertz CT molecular complexity index is 2250. The lowest BCUT2D eigenvalue weighted by Gasteiger charge is -2.29. The lowest BCUT2D eigenvalue weighted by molar-refractivity contribution is -0.141. The predicted octanol–water partition coefficient (Wildman–Crippen LogP) is 4.76. The Morgan fingerprint density at radius 1 is 0.629 bits per heavy atom. The highest BCUT2D eigenvalue weighted by Gasteiger charge is 2.31. The molecule has 3 aromatic rings. The van der Waals surface area contributed by atoms with E-state index in [0.29, 0.717) is 70.4 Å². The number of nitrogens with two attached hydrogens (primary N) is 1. The first-order valence-corrected chi connectivity index (χ1v) is 24.6. The molecule has 18 heteroatoms. The molecule has 70 heavy (non-hydrogen) atoms. The summed E-state index contributed by atoms with van der Waals surface area (Å²) >= 11 is 0. The van der Waals surface area contributed by atoms with Crippen LogP contribution >= 0.6 is 0 Å². The van der Waals surface area contributed by atoms with Crippen molar-refractivity contribution in [2.75, 3.05) is 19.6 Å². The van der Waals surface area contributed by atoms with Crippen molar-refractivity contribution >= 4 is 58.3 Å². The Labute approximate surface area is 411 Å². The second kappa shape index (κ2) is 28.8. The van der Waals surface area contributed by atoms with E-state index in [1.54, 1.807) is 0 Å². The molecule has 1 aliphatic rings. The van der Waals surface area contributed by atoms with E-state index >= 15 is 0 Å². The fraction of sp³-hybridized carbons (Fsp3) is 0.538. The maximum atomic E-state index is 13.7. The molecule has 1 saturated carbocycles. The van der Waals surface area contributed by atoms with Gasteiger partial charge in [-0.15, -0.1) is 0 Å². The molecule has 0 aliphatic heterocycles. The van der Waals surface area contributed by atoms with Crippen LogP contribution in [-0.2, 0) is 46.4 Å². The Kier molecular flexibility index (Phi) is 22.4. The lowest BCUT2D eigenvalue weighted by Crippen LogP contribution is -2.51. The van der Waals surface area contributed by atoms with Gasteiger partial charge in [0.15, 0.2) is 0 Å². The van der Waals surface area contributed by atoms with Crippen LogP contribution in [0.4, 0.5) is 4.79 Å². The minimum atomic E-state index is -1.53. The number of carboxylic acid groups (broad SMARTS) is 3. The fourth-order valence-corrected chi connectivity index (χ4v) is 8.58. The third kappa shape index (κ3) is 19.4. The SMILES string of the molecule is [2H]NC(CCCCNC(=O)C(C)c1ccc(CC(C)C)cc1)C(=O)NCC1CCC(C(=O)NC(Cc2ccc3ccccc3c2)C(=O)NCCCCC(NC(=O)NC(CCC(=O)O)C(=O)O)C(=O)O)CC1. The van der Waals surface area contributed by atoms with Gasteiger partial charge in [-0.2, -0.15) is 0 Å². The van der Waals surface area contributed by atoms with Crippen LogP contribution in [0.3, 0.4) is 0 Å². The summed E-state index contributed by atoms with van der Waals surface area (Å²) in [7, 11) is 0. The van der Waals surface area contributed by atoms with Crippen LogP contribution in [-0.4, -0.2) is 107 Å². The molecule has 4 rings (SSSR count). The molecule has 1 aliphatic carbocycles. The Morgan fingerprint density at radius 3 is 1.84 bits per heavy atom. The van der Waals surface area contributed by atoms with E-state index in [-0.39, 0.29) is 61.3 Å². The zero-order chi connectivity index (χ0) is 51.9. The van der Waals surface area contributed by atoms with Crippen LogP contribution in [0, 0.1) is 17.8 Å². The van der Waals surface area contributed by atoms with Gasteiger partial charge in [-0.25, -0.2) is 14.4 Å². The highest BCUT2D eigenvalue weighted by molar-refractivity contribution is 5.90.